The van der Waals surface area contributed by atoms with E-state index < -0.39 is 0 Å². The predicted molar refractivity (Wildman–Crippen MR) is 66.4 cm³/mol. The molecule has 0 heterocycles. The maximum atomic E-state index is 3.51. The number of rotatable bonds is 5. The Morgan fingerprint density at radius 2 is 2.13 bits per heavy atom. The van der Waals surface area contributed by atoms with E-state index in [1.165, 1.54) is 30.5 Å². The van der Waals surface area contributed by atoms with Crippen LogP contribution in [0.5, 0.6) is 0 Å². The number of anilines is 1. The molecule has 0 radical (unpaired) electrons. The average molecular weight is 203 g/mol. The molecule has 0 atom stereocenters. The highest BCUT2D eigenvalue weighted by Gasteiger charge is 2.19. The van der Waals surface area contributed by atoms with E-state index in [4.69, 9.17) is 0 Å². The van der Waals surface area contributed by atoms with Gasteiger partial charge in [0.15, 0.2) is 0 Å². The van der Waals surface area contributed by atoms with Gasteiger partial charge in [0.05, 0.1) is 0 Å². The third kappa shape index (κ3) is 3.26. The van der Waals surface area contributed by atoms with Crippen molar-refractivity contribution in [2.24, 2.45) is 5.92 Å². The van der Waals surface area contributed by atoms with E-state index in [1.807, 2.05) is 0 Å². The van der Waals surface area contributed by atoms with Gasteiger partial charge in [0.1, 0.15) is 0 Å². The van der Waals surface area contributed by atoms with Crippen LogP contribution in [0.4, 0.5) is 5.69 Å². The van der Waals surface area contributed by atoms with Crippen LogP contribution in [0, 0.1) is 5.92 Å². The van der Waals surface area contributed by atoms with Gasteiger partial charge in [-0.15, -0.1) is 0 Å². The van der Waals surface area contributed by atoms with Crippen molar-refractivity contribution < 1.29 is 0 Å². The molecule has 1 heteroatoms. The molecule has 82 valence electrons. The first-order valence-corrected chi connectivity index (χ1v) is 6.09. The van der Waals surface area contributed by atoms with Gasteiger partial charge in [0, 0.05) is 12.2 Å². The summed E-state index contributed by atoms with van der Waals surface area (Å²) in [5, 5.41) is 3.51. The molecule has 0 amide bonds. The summed E-state index contributed by atoms with van der Waals surface area (Å²) in [7, 11) is 0. The summed E-state index contributed by atoms with van der Waals surface area (Å²) < 4.78 is 0. The van der Waals surface area contributed by atoms with E-state index in [-0.39, 0.29) is 0 Å². The minimum absolute atomic E-state index is 0.621. The standard InChI is InChI=1S/C14H21N/c1-11(2)13-4-3-5-14(10-13)15-9-8-12-6-7-12/h3-5,10-12,15H,6-9H2,1-2H3. The molecule has 1 aromatic carbocycles. The van der Waals surface area contributed by atoms with Crippen molar-refractivity contribution in [3.63, 3.8) is 0 Å². The highest BCUT2D eigenvalue weighted by Crippen LogP contribution is 2.32. The third-order valence-electron chi connectivity index (χ3n) is 3.13. The highest BCUT2D eigenvalue weighted by atomic mass is 14.9. The van der Waals surface area contributed by atoms with Gasteiger partial charge < -0.3 is 5.32 Å². The molecule has 1 aliphatic rings. The van der Waals surface area contributed by atoms with E-state index in [9.17, 15) is 0 Å². The van der Waals surface area contributed by atoms with E-state index in [0.29, 0.717) is 5.92 Å². The van der Waals surface area contributed by atoms with Gasteiger partial charge in [0.25, 0.3) is 0 Å². The van der Waals surface area contributed by atoms with Crippen molar-refractivity contribution in [3.05, 3.63) is 29.8 Å². The lowest BCUT2D eigenvalue weighted by molar-refractivity contribution is 0.760. The molecule has 2 rings (SSSR count). The molecule has 1 nitrogen and oxygen atoms in total. The Morgan fingerprint density at radius 3 is 2.80 bits per heavy atom. The van der Waals surface area contributed by atoms with Gasteiger partial charge >= 0.3 is 0 Å². The smallest absolute Gasteiger partial charge is 0.0343 e. The summed E-state index contributed by atoms with van der Waals surface area (Å²) in [4.78, 5) is 0. The van der Waals surface area contributed by atoms with Crippen LogP contribution in [0.3, 0.4) is 0 Å². The summed E-state index contributed by atoms with van der Waals surface area (Å²) in [5.41, 5.74) is 2.70. The summed E-state index contributed by atoms with van der Waals surface area (Å²) >= 11 is 0. The molecular formula is C14H21N. The number of nitrogens with one attached hydrogen (secondary N) is 1. The van der Waals surface area contributed by atoms with Gasteiger partial charge in [-0.05, 0) is 36.0 Å². The van der Waals surface area contributed by atoms with Crippen molar-refractivity contribution >= 4 is 5.69 Å². The second-order valence-electron chi connectivity index (χ2n) is 4.94. The van der Waals surface area contributed by atoms with Crippen molar-refractivity contribution in [2.75, 3.05) is 11.9 Å². The summed E-state index contributed by atoms with van der Waals surface area (Å²) in [6.07, 6.45) is 4.24. The van der Waals surface area contributed by atoms with Gasteiger partial charge in [-0.1, -0.05) is 38.8 Å². The molecule has 0 unspecified atom stereocenters. The molecule has 1 aromatic rings. The topological polar surface area (TPSA) is 12.0 Å². The molecule has 1 fully saturated rings. The fourth-order valence-corrected chi connectivity index (χ4v) is 1.83. The Balaban J connectivity index is 1.86. The lowest BCUT2D eigenvalue weighted by atomic mass is 10.0. The van der Waals surface area contributed by atoms with Crippen molar-refractivity contribution in [2.45, 2.75) is 39.0 Å². The molecule has 0 saturated heterocycles. The second kappa shape index (κ2) is 4.69. The van der Waals surface area contributed by atoms with E-state index >= 15 is 0 Å². The fraction of sp³-hybridized carbons (Fsp3) is 0.571. The molecule has 0 bridgehead atoms. The highest BCUT2D eigenvalue weighted by molar-refractivity contribution is 5.46. The zero-order valence-electron chi connectivity index (χ0n) is 9.79. The molecule has 0 spiro atoms. The first-order chi connectivity index (χ1) is 7.25. The van der Waals surface area contributed by atoms with Crippen LogP contribution in [0.15, 0.2) is 24.3 Å². The van der Waals surface area contributed by atoms with Crippen LogP contribution in [0.1, 0.15) is 44.6 Å². The molecule has 0 aromatic heterocycles. The molecule has 15 heavy (non-hydrogen) atoms. The van der Waals surface area contributed by atoms with Crippen LogP contribution >= 0.6 is 0 Å². The predicted octanol–water partition coefficient (Wildman–Crippen LogP) is 4.02. The number of hydrogen-bond acceptors (Lipinski definition) is 1. The minimum atomic E-state index is 0.621. The minimum Gasteiger partial charge on any atom is -0.385 e. The maximum Gasteiger partial charge on any atom is 0.0343 e. The zero-order valence-corrected chi connectivity index (χ0v) is 9.79. The summed E-state index contributed by atoms with van der Waals surface area (Å²) in [6.45, 7) is 5.61. The molecule has 0 aliphatic heterocycles. The van der Waals surface area contributed by atoms with Crippen LogP contribution in [0.25, 0.3) is 0 Å². The molecule has 1 saturated carbocycles. The SMILES string of the molecule is CC(C)c1cccc(NCCC2CC2)c1. The Labute approximate surface area is 92.9 Å². The van der Waals surface area contributed by atoms with Crippen LogP contribution in [-0.4, -0.2) is 6.54 Å². The van der Waals surface area contributed by atoms with Crippen molar-refractivity contribution in [1.29, 1.82) is 0 Å². The van der Waals surface area contributed by atoms with Crippen LogP contribution in [0.2, 0.25) is 0 Å². The lowest BCUT2D eigenvalue weighted by Gasteiger charge is -2.10. The Kier molecular flexibility index (Phi) is 3.30. The normalized spacial score (nSPS) is 15.7. The Hall–Kier alpha value is -0.980. The Morgan fingerprint density at radius 1 is 1.33 bits per heavy atom. The number of hydrogen-bond donors (Lipinski definition) is 1. The maximum absolute atomic E-state index is 3.51. The Bertz CT molecular complexity index is 313. The number of benzene rings is 1. The van der Waals surface area contributed by atoms with E-state index in [0.717, 1.165) is 12.5 Å². The average Bonchev–Trinajstić information content (AvgIpc) is 3.02. The second-order valence-corrected chi connectivity index (χ2v) is 4.94. The fourth-order valence-electron chi connectivity index (χ4n) is 1.83. The molecule has 1 aliphatic carbocycles. The third-order valence-corrected chi connectivity index (χ3v) is 3.13. The zero-order chi connectivity index (χ0) is 10.7. The lowest BCUT2D eigenvalue weighted by Crippen LogP contribution is -2.02. The van der Waals surface area contributed by atoms with E-state index in [1.54, 1.807) is 0 Å². The van der Waals surface area contributed by atoms with Gasteiger partial charge in [-0.25, -0.2) is 0 Å². The quantitative estimate of drug-likeness (QED) is 0.762. The van der Waals surface area contributed by atoms with E-state index in [2.05, 4.69) is 43.4 Å². The van der Waals surface area contributed by atoms with Gasteiger partial charge in [-0.3, -0.25) is 0 Å². The van der Waals surface area contributed by atoms with Gasteiger partial charge in [-0.2, -0.15) is 0 Å². The summed E-state index contributed by atoms with van der Waals surface area (Å²) in [5.74, 6) is 1.64. The van der Waals surface area contributed by atoms with Gasteiger partial charge in [0.2, 0.25) is 0 Å². The monoisotopic (exact) mass is 203 g/mol. The first-order valence-electron chi connectivity index (χ1n) is 6.09. The van der Waals surface area contributed by atoms with Crippen LogP contribution in [-0.2, 0) is 0 Å². The van der Waals surface area contributed by atoms with Crippen LogP contribution < -0.4 is 5.32 Å². The molecular weight excluding hydrogens is 182 g/mol. The summed E-state index contributed by atoms with van der Waals surface area (Å²) in [6, 6.07) is 8.79. The molecule has 1 N–H and O–H groups in total. The van der Waals surface area contributed by atoms with Crippen molar-refractivity contribution in [1.82, 2.24) is 0 Å². The first kappa shape index (κ1) is 10.5. The largest absolute Gasteiger partial charge is 0.385 e. The van der Waals surface area contributed by atoms with Crippen molar-refractivity contribution in [3.8, 4) is 0 Å².